The van der Waals surface area contributed by atoms with E-state index in [4.69, 9.17) is 0 Å². The molecule has 4 atom stereocenters. The molecule has 0 aromatic heterocycles. The summed E-state index contributed by atoms with van der Waals surface area (Å²) in [5.41, 5.74) is 0.426. The molecular formula is C24H21F3N2O3. The molecule has 0 N–H and O–H groups in total. The zero-order valence-corrected chi connectivity index (χ0v) is 17.3. The number of anilines is 1. The highest BCUT2D eigenvalue weighted by Crippen LogP contribution is 2.48. The highest BCUT2D eigenvalue weighted by Gasteiger charge is 2.64. The lowest BCUT2D eigenvalue weighted by Gasteiger charge is -2.27. The number of alkyl halides is 3. The van der Waals surface area contributed by atoms with Crippen molar-refractivity contribution >= 4 is 23.3 Å². The van der Waals surface area contributed by atoms with Gasteiger partial charge in [-0.25, -0.2) is 4.90 Å². The van der Waals surface area contributed by atoms with E-state index in [9.17, 15) is 27.6 Å². The molecule has 5 nitrogen and oxygen atoms in total. The fourth-order valence-electron chi connectivity index (χ4n) is 5.48. The zero-order chi connectivity index (χ0) is 22.8. The number of fused-ring (bicyclic) bond motifs is 3. The number of carbonyl (C=O) groups excluding carboxylic acids is 3. The van der Waals surface area contributed by atoms with E-state index in [1.54, 1.807) is 12.1 Å². The van der Waals surface area contributed by atoms with Gasteiger partial charge in [-0.05, 0) is 44.5 Å². The van der Waals surface area contributed by atoms with E-state index in [1.165, 1.54) is 12.1 Å². The highest BCUT2D eigenvalue weighted by molar-refractivity contribution is 6.24. The van der Waals surface area contributed by atoms with E-state index in [0.717, 1.165) is 29.0 Å². The molecule has 0 spiro atoms. The zero-order valence-electron chi connectivity index (χ0n) is 17.3. The van der Waals surface area contributed by atoms with Gasteiger partial charge in [0.1, 0.15) is 0 Å². The van der Waals surface area contributed by atoms with E-state index >= 15 is 0 Å². The molecule has 166 valence electrons. The number of amides is 2. The minimum Gasteiger partial charge on any atom is -0.292 e. The first kappa shape index (κ1) is 20.9. The third kappa shape index (κ3) is 3.08. The van der Waals surface area contributed by atoms with Gasteiger partial charge in [0, 0.05) is 11.6 Å². The summed E-state index contributed by atoms with van der Waals surface area (Å²) in [5.74, 6) is -2.96. The average molecular weight is 442 g/mol. The molecule has 3 fully saturated rings. The monoisotopic (exact) mass is 442 g/mol. The van der Waals surface area contributed by atoms with Crippen molar-refractivity contribution in [1.82, 2.24) is 4.90 Å². The van der Waals surface area contributed by atoms with Crippen LogP contribution in [0.2, 0.25) is 0 Å². The van der Waals surface area contributed by atoms with Gasteiger partial charge in [0.25, 0.3) is 0 Å². The number of imide groups is 1. The number of aryl methyl sites for hydroxylation is 1. The van der Waals surface area contributed by atoms with Gasteiger partial charge in [0.05, 0.1) is 29.1 Å². The molecule has 32 heavy (non-hydrogen) atoms. The Hall–Kier alpha value is -3.00. The molecule has 0 saturated carbocycles. The van der Waals surface area contributed by atoms with Gasteiger partial charge in [-0.15, -0.1) is 0 Å². The molecule has 8 heteroatoms. The van der Waals surface area contributed by atoms with Gasteiger partial charge < -0.3 is 0 Å². The lowest BCUT2D eigenvalue weighted by Crippen LogP contribution is -2.46. The smallest absolute Gasteiger partial charge is 0.292 e. The molecule has 3 saturated heterocycles. The quantitative estimate of drug-likeness (QED) is 0.535. The van der Waals surface area contributed by atoms with Crippen LogP contribution in [0.25, 0.3) is 0 Å². The Bertz CT molecular complexity index is 1110. The number of ketones is 1. The standard InChI is InChI=1S/C24H21F3N2O3/c1-13-7-9-14(10-8-13)21(30)20-19-18(17-6-3-11-28(17)20)22(31)29(23(19)32)16-5-2-4-15(12-16)24(25,26)27/h2,4-5,7-10,12,17-20H,3,6,11H2,1H3/t17-,18-,19-,20-/m1/s1. The van der Waals surface area contributed by atoms with E-state index in [2.05, 4.69) is 0 Å². The van der Waals surface area contributed by atoms with E-state index in [1.807, 2.05) is 24.0 Å². The van der Waals surface area contributed by atoms with Crippen LogP contribution in [-0.4, -0.2) is 41.1 Å². The topological polar surface area (TPSA) is 57.7 Å². The molecule has 0 radical (unpaired) electrons. The number of carbonyl (C=O) groups is 3. The van der Waals surface area contributed by atoms with Crippen LogP contribution in [0.15, 0.2) is 48.5 Å². The average Bonchev–Trinajstić information content (AvgIpc) is 3.39. The summed E-state index contributed by atoms with van der Waals surface area (Å²) in [5, 5.41) is 0. The van der Waals surface area contributed by atoms with Gasteiger partial charge in [0.15, 0.2) is 5.78 Å². The molecule has 3 aliphatic rings. The summed E-state index contributed by atoms with van der Waals surface area (Å²) in [4.78, 5) is 43.0. The Morgan fingerprint density at radius 2 is 1.69 bits per heavy atom. The molecule has 3 heterocycles. The van der Waals surface area contributed by atoms with Crippen molar-refractivity contribution in [3.05, 3.63) is 65.2 Å². The van der Waals surface area contributed by atoms with Crippen LogP contribution in [0.1, 0.15) is 34.3 Å². The second-order valence-electron chi connectivity index (χ2n) is 8.73. The van der Waals surface area contributed by atoms with Crippen LogP contribution in [0.4, 0.5) is 18.9 Å². The molecule has 2 amide bonds. The van der Waals surface area contributed by atoms with Gasteiger partial charge in [-0.2, -0.15) is 13.2 Å². The predicted molar refractivity (Wildman–Crippen MR) is 110 cm³/mol. The van der Waals surface area contributed by atoms with Crippen LogP contribution < -0.4 is 4.90 Å². The maximum Gasteiger partial charge on any atom is 0.416 e. The first-order chi connectivity index (χ1) is 15.2. The Labute approximate surface area is 182 Å². The third-order valence-corrected chi connectivity index (χ3v) is 6.89. The lowest BCUT2D eigenvalue weighted by atomic mass is 9.85. The first-order valence-electron chi connectivity index (χ1n) is 10.6. The maximum absolute atomic E-state index is 13.5. The third-order valence-electron chi connectivity index (χ3n) is 6.89. The lowest BCUT2D eigenvalue weighted by molar-refractivity contribution is -0.137. The van der Waals surface area contributed by atoms with Crippen molar-refractivity contribution in [2.45, 2.75) is 38.0 Å². The van der Waals surface area contributed by atoms with Crippen LogP contribution in [0.3, 0.4) is 0 Å². The van der Waals surface area contributed by atoms with Crippen LogP contribution >= 0.6 is 0 Å². The van der Waals surface area contributed by atoms with Crippen molar-refractivity contribution in [3.63, 3.8) is 0 Å². The summed E-state index contributed by atoms with van der Waals surface area (Å²) in [6.07, 6.45) is -3.12. The molecule has 5 rings (SSSR count). The molecule has 3 aliphatic heterocycles. The minimum atomic E-state index is -4.59. The summed E-state index contributed by atoms with van der Waals surface area (Å²) >= 11 is 0. The second kappa shape index (κ2) is 7.27. The number of benzene rings is 2. The summed E-state index contributed by atoms with van der Waals surface area (Å²) in [6, 6.07) is 10.2. The van der Waals surface area contributed by atoms with Crippen molar-refractivity contribution < 1.29 is 27.6 Å². The number of halogens is 3. The van der Waals surface area contributed by atoms with Crippen molar-refractivity contribution in [2.75, 3.05) is 11.4 Å². The number of rotatable bonds is 3. The summed E-state index contributed by atoms with van der Waals surface area (Å²) in [7, 11) is 0. The van der Waals surface area contributed by atoms with Crippen LogP contribution in [-0.2, 0) is 15.8 Å². The van der Waals surface area contributed by atoms with Crippen molar-refractivity contribution in [1.29, 1.82) is 0 Å². The van der Waals surface area contributed by atoms with E-state index in [-0.39, 0.29) is 17.5 Å². The minimum absolute atomic E-state index is 0.102. The fraction of sp³-hybridized carbons (Fsp3) is 0.375. The Morgan fingerprint density at radius 1 is 1.00 bits per heavy atom. The van der Waals surface area contributed by atoms with Crippen molar-refractivity contribution in [3.8, 4) is 0 Å². The summed E-state index contributed by atoms with van der Waals surface area (Å²) in [6.45, 7) is 2.52. The summed E-state index contributed by atoms with van der Waals surface area (Å²) < 4.78 is 39.6. The predicted octanol–water partition coefficient (Wildman–Crippen LogP) is 3.85. The number of hydrogen-bond acceptors (Lipinski definition) is 4. The van der Waals surface area contributed by atoms with Gasteiger partial charge in [-0.1, -0.05) is 35.9 Å². The molecule has 0 bridgehead atoms. The molecule has 2 aromatic carbocycles. The number of Topliss-reactive ketones (excluding diaryl/α,β-unsaturated/α-hetero) is 1. The molecule has 2 aromatic rings. The molecular weight excluding hydrogens is 421 g/mol. The van der Waals surface area contributed by atoms with E-state index < -0.39 is 41.4 Å². The highest BCUT2D eigenvalue weighted by atomic mass is 19.4. The van der Waals surface area contributed by atoms with Crippen molar-refractivity contribution in [2.24, 2.45) is 11.8 Å². The Kier molecular flexibility index (Phi) is 4.74. The first-order valence-corrected chi connectivity index (χ1v) is 10.6. The molecule has 0 unspecified atom stereocenters. The van der Waals surface area contributed by atoms with Crippen LogP contribution in [0, 0.1) is 18.8 Å². The van der Waals surface area contributed by atoms with Gasteiger partial charge in [0.2, 0.25) is 11.8 Å². The number of hydrogen-bond donors (Lipinski definition) is 0. The van der Waals surface area contributed by atoms with Gasteiger partial charge in [-0.3, -0.25) is 19.3 Å². The second-order valence-corrected chi connectivity index (χ2v) is 8.73. The number of nitrogens with zero attached hydrogens (tertiary/aromatic N) is 2. The SMILES string of the molecule is Cc1ccc(C(=O)[C@H]2[C@@H]3C(=O)N(c4cccc(C(F)(F)F)c4)C(=O)[C@@H]3[C@H]3CCCN32)cc1. The molecule has 0 aliphatic carbocycles. The van der Waals surface area contributed by atoms with Crippen LogP contribution in [0.5, 0.6) is 0 Å². The Morgan fingerprint density at radius 3 is 2.38 bits per heavy atom. The Balaban J connectivity index is 1.54. The maximum atomic E-state index is 13.5. The van der Waals surface area contributed by atoms with E-state index in [0.29, 0.717) is 18.5 Å². The normalized spacial score (nSPS) is 27.7. The fourth-order valence-corrected chi connectivity index (χ4v) is 5.48. The largest absolute Gasteiger partial charge is 0.416 e. The van der Waals surface area contributed by atoms with Gasteiger partial charge >= 0.3 is 6.18 Å².